The second-order valence-corrected chi connectivity index (χ2v) is 6.00. The average molecular weight is 276 g/mol. The largest absolute Gasteiger partial charge is 0.489 e. The Labute approximate surface area is 118 Å². The van der Waals surface area contributed by atoms with Gasteiger partial charge < -0.3 is 10.5 Å². The molecule has 2 saturated carbocycles. The van der Waals surface area contributed by atoms with E-state index in [1.807, 2.05) is 0 Å². The Balaban J connectivity index is 1.74. The van der Waals surface area contributed by atoms with Crippen LogP contribution in [-0.4, -0.2) is 17.1 Å². The fourth-order valence-electron chi connectivity index (χ4n) is 3.68. The minimum atomic E-state index is -0.393. The standard InChI is InChI=1S/C15H20N2O3/c16-13-10-14(15(13)7-2-1-3-8-15)20-12-6-4-5-11(9-12)17(18)19/h4-6,9,13-14H,1-3,7-8,10,16H2. The van der Waals surface area contributed by atoms with Crippen molar-refractivity contribution < 1.29 is 9.66 Å². The van der Waals surface area contributed by atoms with Crippen molar-refractivity contribution in [2.75, 3.05) is 0 Å². The molecule has 5 nitrogen and oxygen atoms in total. The van der Waals surface area contributed by atoms with Crippen LogP contribution in [0, 0.1) is 15.5 Å². The van der Waals surface area contributed by atoms with E-state index in [4.69, 9.17) is 10.5 Å². The van der Waals surface area contributed by atoms with E-state index < -0.39 is 4.92 Å². The Kier molecular flexibility index (Phi) is 3.38. The topological polar surface area (TPSA) is 78.4 Å². The molecule has 2 unspecified atom stereocenters. The number of benzene rings is 1. The summed E-state index contributed by atoms with van der Waals surface area (Å²) in [5.41, 5.74) is 6.40. The van der Waals surface area contributed by atoms with Crippen LogP contribution in [-0.2, 0) is 0 Å². The molecule has 3 rings (SSSR count). The van der Waals surface area contributed by atoms with Crippen LogP contribution >= 0.6 is 0 Å². The maximum Gasteiger partial charge on any atom is 0.273 e. The molecule has 1 aromatic rings. The minimum Gasteiger partial charge on any atom is -0.489 e. The molecule has 1 spiro atoms. The summed E-state index contributed by atoms with van der Waals surface area (Å²) in [4.78, 5) is 10.4. The summed E-state index contributed by atoms with van der Waals surface area (Å²) < 4.78 is 6.02. The molecule has 0 heterocycles. The van der Waals surface area contributed by atoms with Gasteiger partial charge in [-0.25, -0.2) is 0 Å². The summed E-state index contributed by atoms with van der Waals surface area (Å²) in [6, 6.07) is 6.65. The lowest BCUT2D eigenvalue weighted by molar-refractivity contribution is -0.385. The van der Waals surface area contributed by atoms with Gasteiger partial charge in [-0.05, 0) is 18.9 Å². The Bertz CT molecular complexity index is 512. The maximum atomic E-state index is 10.8. The second kappa shape index (κ2) is 5.05. The Morgan fingerprint density at radius 2 is 2.05 bits per heavy atom. The Morgan fingerprint density at radius 1 is 1.30 bits per heavy atom. The zero-order chi connectivity index (χ0) is 14.2. The summed E-state index contributed by atoms with van der Waals surface area (Å²) in [6.07, 6.45) is 6.90. The average Bonchev–Trinajstić information content (AvgIpc) is 2.48. The van der Waals surface area contributed by atoms with Crippen molar-refractivity contribution in [2.45, 2.75) is 50.7 Å². The van der Waals surface area contributed by atoms with Crippen molar-refractivity contribution in [3.05, 3.63) is 34.4 Å². The van der Waals surface area contributed by atoms with Crippen molar-refractivity contribution in [2.24, 2.45) is 11.1 Å². The lowest BCUT2D eigenvalue weighted by atomic mass is 9.55. The molecule has 2 fully saturated rings. The molecule has 2 aliphatic rings. The molecule has 0 aromatic heterocycles. The summed E-state index contributed by atoms with van der Waals surface area (Å²) in [6.45, 7) is 0. The quantitative estimate of drug-likeness (QED) is 0.680. The normalized spacial score (nSPS) is 27.9. The van der Waals surface area contributed by atoms with Gasteiger partial charge in [0.2, 0.25) is 0 Å². The molecular formula is C15H20N2O3. The first kappa shape index (κ1) is 13.4. The lowest BCUT2D eigenvalue weighted by Crippen LogP contribution is -2.64. The summed E-state index contributed by atoms with van der Waals surface area (Å²) >= 11 is 0. The van der Waals surface area contributed by atoms with Gasteiger partial charge in [0.1, 0.15) is 11.9 Å². The first-order valence-corrected chi connectivity index (χ1v) is 7.28. The molecule has 0 saturated heterocycles. The number of nitrogens with two attached hydrogens (primary N) is 1. The van der Waals surface area contributed by atoms with Crippen LogP contribution in [0.4, 0.5) is 5.69 Å². The van der Waals surface area contributed by atoms with Crippen molar-refractivity contribution in [1.29, 1.82) is 0 Å². The van der Waals surface area contributed by atoms with Gasteiger partial charge >= 0.3 is 0 Å². The molecule has 20 heavy (non-hydrogen) atoms. The fraction of sp³-hybridized carbons (Fsp3) is 0.600. The van der Waals surface area contributed by atoms with E-state index >= 15 is 0 Å². The molecule has 1 aromatic carbocycles. The van der Waals surface area contributed by atoms with E-state index in [1.54, 1.807) is 12.1 Å². The molecule has 2 aliphatic carbocycles. The molecule has 2 atom stereocenters. The monoisotopic (exact) mass is 276 g/mol. The van der Waals surface area contributed by atoms with Crippen molar-refractivity contribution >= 4 is 5.69 Å². The molecular weight excluding hydrogens is 256 g/mol. The van der Waals surface area contributed by atoms with Crippen LogP contribution in [0.3, 0.4) is 0 Å². The van der Waals surface area contributed by atoms with Gasteiger partial charge in [-0.1, -0.05) is 25.3 Å². The molecule has 5 heteroatoms. The zero-order valence-corrected chi connectivity index (χ0v) is 11.5. The molecule has 0 bridgehead atoms. The van der Waals surface area contributed by atoms with Gasteiger partial charge in [0.25, 0.3) is 5.69 Å². The number of hydrogen-bond acceptors (Lipinski definition) is 4. The van der Waals surface area contributed by atoms with Crippen molar-refractivity contribution in [3.8, 4) is 5.75 Å². The third kappa shape index (κ3) is 2.16. The number of nitro groups is 1. The summed E-state index contributed by atoms with van der Waals surface area (Å²) in [5, 5.41) is 10.8. The Hall–Kier alpha value is -1.62. The van der Waals surface area contributed by atoms with Crippen LogP contribution in [0.15, 0.2) is 24.3 Å². The third-order valence-electron chi connectivity index (χ3n) is 4.94. The second-order valence-electron chi connectivity index (χ2n) is 6.00. The summed E-state index contributed by atoms with van der Waals surface area (Å²) in [7, 11) is 0. The highest BCUT2D eigenvalue weighted by Gasteiger charge is 2.54. The van der Waals surface area contributed by atoms with Gasteiger partial charge in [-0.15, -0.1) is 0 Å². The highest BCUT2D eigenvalue weighted by Crippen LogP contribution is 2.52. The van der Waals surface area contributed by atoms with E-state index in [9.17, 15) is 10.1 Å². The molecule has 0 radical (unpaired) electrons. The van der Waals surface area contributed by atoms with Crippen LogP contribution < -0.4 is 10.5 Å². The van der Waals surface area contributed by atoms with Gasteiger partial charge in [0.15, 0.2) is 0 Å². The SMILES string of the molecule is NC1CC(Oc2cccc([N+](=O)[O-])c2)C12CCCCC2. The number of rotatable bonds is 3. The van der Waals surface area contributed by atoms with E-state index in [-0.39, 0.29) is 23.2 Å². The molecule has 0 amide bonds. The summed E-state index contributed by atoms with van der Waals surface area (Å²) in [5.74, 6) is 0.584. The van der Waals surface area contributed by atoms with Crippen LogP contribution in [0.1, 0.15) is 38.5 Å². The first-order valence-electron chi connectivity index (χ1n) is 7.28. The van der Waals surface area contributed by atoms with Crippen molar-refractivity contribution in [1.82, 2.24) is 0 Å². The lowest BCUT2D eigenvalue weighted by Gasteiger charge is -2.56. The molecule has 108 valence electrons. The predicted octanol–water partition coefficient (Wildman–Crippen LogP) is 3.02. The highest BCUT2D eigenvalue weighted by atomic mass is 16.6. The van der Waals surface area contributed by atoms with Crippen LogP contribution in [0.25, 0.3) is 0 Å². The van der Waals surface area contributed by atoms with Gasteiger partial charge in [0.05, 0.1) is 11.0 Å². The number of nitrogens with zero attached hydrogens (tertiary/aromatic N) is 1. The highest BCUT2D eigenvalue weighted by molar-refractivity contribution is 5.38. The maximum absolute atomic E-state index is 10.8. The number of nitro benzene ring substituents is 1. The Morgan fingerprint density at radius 3 is 2.70 bits per heavy atom. The number of hydrogen-bond donors (Lipinski definition) is 1. The van der Waals surface area contributed by atoms with Crippen molar-refractivity contribution in [3.63, 3.8) is 0 Å². The first-order chi connectivity index (χ1) is 9.62. The van der Waals surface area contributed by atoms with Gasteiger partial charge in [-0.2, -0.15) is 0 Å². The van der Waals surface area contributed by atoms with E-state index in [0.29, 0.717) is 5.75 Å². The predicted molar refractivity (Wildman–Crippen MR) is 75.6 cm³/mol. The number of non-ortho nitro benzene ring substituents is 1. The minimum absolute atomic E-state index is 0.0730. The van der Waals surface area contributed by atoms with Crippen LogP contribution in [0.5, 0.6) is 5.75 Å². The van der Waals surface area contributed by atoms with E-state index in [0.717, 1.165) is 19.3 Å². The third-order valence-corrected chi connectivity index (χ3v) is 4.94. The molecule has 0 aliphatic heterocycles. The van der Waals surface area contributed by atoms with E-state index in [2.05, 4.69) is 0 Å². The molecule has 2 N–H and O–H groups in total. The smallest absolute Gasteiger partial charge is 0.273 e. The fourth-order valence-corrected chi connectivity index (χ4v) is 3.68. The zero-order valence-electron chi connectivity index (χ0n) is 11.5. The van der Waals surface area contributed by atoms with Gasteiger partial charge in [0, 0.05) is 23.9 Å². The van der Waals surface area contributed by atoms with E-state index in [1.165, 1.54) is 31.4 Å². The van der Waals surface area contributed by atoms with Crippen LogP contribution in [0.2, 0.25) is 0 Å². The van der Waals surface area contributed by atoms with Gasteiger partial charge in [-0.3, -0.25) is 10.1 Å². The number of ether oxygens (including phenoxy) is 1.